The number of benzene rings is 1. The van der Waals surface area contributed by atoms with Gasteiger partial charge in [0.1, 0.15) is 11.3 Å². The Morgan fingerprint density at radius 1 is 1.21 bits per heavy atom. The molecule has 3 heteroatoms. The van der Waals surface area contributed by atoms with E-state index in [2.05, 4.69) is 10.4 Å². The summed E-state index contributed by atoms with van der Waals surface area (Å²) in [7, 11) is 0. The molecule has 3 rings (SSSR count). The number of carbonyl (C=O) groups is 1. The Kier molecular flexibility index (Phi) is 3.56. The quantitative estimate of drug-likeness (QED) is 0.770. The molecule has 0 bridgehead atoms. The summed E-state index contributed by atoms with van der Waals surface area (Å²) in [4.78, 5) is 15.4. The topological polar surface area (TPSA) is 30.0 Å². The lowest BCUT2D eigenvalue weighted by Gasteiger charge is -2.22. The highest BCUT2D eigenvalue weighted by Gasteiger charge is 2.21. The van der Waals surface area contributed by atoms with E-state index in [1.807, 2.05) is 36.4 Å². The van der Waals surface area contributed by atoms with Gasteiger partial charge < -0.3 is 0 Å². The summed E-state index contributed by atoms with van der Waals surface area (Å²) < 4.78 is 0. The lowest BCUT2D eigenvalue weighted by atomic mass is 9.83. The van der Waals surface area contributed by atoms with Crippen molar-refractivity contribution in [1.82, 2.24) is 4.98 Å². The fourth-order valence-electron chi connectivity index (χ4n) is 2.17. The minimum absolute atomic E-state index is 0.691. The second-order valence-corrected chi connectivity index (χ2v) is 5.75. The van der Waals surface area contributed by atoms with Crippen molar-refractivity contribution in [3.63, 3.8) is 0 Å². The van der Waals surface area contributed by atoms with Gasteiger partial charge in [0, 0.05) is 16.9 Å². The minimum atomic E-state index is 0.691. The molecular formula is C16H15NOS. The summed E-state index contributed by atoms with van der Waals surface area (Å²) in [5.74, 6) is 0.691. The molecule has 1 aromatic carbocycles. The summed E-state index contributed by atoms with van der Waals surface area (Å²) in [5.41, 5.74) is 2.99. The molecule has 0 unspecified atom stereocenters. The van der Waals surface area contributed by atoms with Crippen LogP contribution in [0, 0.1) is 0 Å². The lowest BCUT2D eigenvalue weighted by molar-refractivity contribution is 0.112. The van der Waals surface area contributed by atoms with Gasteiger partial charge in [-0.05, 0) is 30.5 Å². The maximum absolute atomic E-state index is 10.7. The van der Waals surface area contributed by atoms with Crippen molar-refractivity contribution in [2.24, 2.45) is 0 Å². The van der Waals surface area contributed by atoms with Gasteiger partial charge in [0.2, 0.25) is 0 Å². The van der Waals surface area contributed by atoms with Crippen molar-refractivity contribution in [3.05, 3.63) is 51.5 Å². The van der Waals surface area contributed by atoms with E-state index in [-0.39, 0.29) is 0 Å². The van der Waals surface area contributed by atoms with Gasteiger partial charge in [0.05, 0.1) is 5.69 Å². The van der Waals surface area contributed by atoms with Crippen LogP contribution in [0.15, 0.2) is 29.6 Å². The Morgan fingerprint density at radius 2 is 2.05 bits per heavy atom. The van der Waals surface area contributed by atoms with Gasteiger partial charge in [-0.2, -0.15) is 0 Å². The number of thiazole rings is 1. The van der Waals surface area contributed by atoms with Crippen LogP contribution in [0.4, 0.5) is 0 Å². The second-order valence-electron chi connectivity index (χ2n) is 4.86. The van der Waals surface area contributed by atoms with Crippen LogP contribution in [0.3, 0.4) is 0 Å². The van der Waals surface area contributed by atoms with Crippen LogP contribution >= 0.6 is 11.3 Å². The van der Waals surface area contributed by atoms with E-state index in [4.69, 9.17) is 0 Å². The van der Waals surface area contributed by atoms with Crippen LogP contribution < -0.4 is 0 Å². The molecule has 2 nitrogen and oxygen atoms in total. The summed E-state index contributed by atoms with van der Waals surface area (Å²) in [6, 6.07) is 7.57. The molecule has 19 heavy (non-hydrogen) atoms. The zero-order chi connectivity index (χ0) is 13.1. The number of hydrogen-bond acceptors (Lipinski definition) is 3. The molecule has 1 fully saturated rings. The predicted octanol–water partition coefficient (Wildman–Crippen LogP) is 4.39. The van der Waals surface area contributed by atoms with Crippen molar-refractivity contribution in [2.75, 3.05) is 0 Å². The normalized spacial score (nSPS) is 15.6. The van der Waals surface area contributed by atoms with Gasteiger partial charge in [-0.3, -0.25) is 4.79 Å². The average Bonchev–Trinajstić information content (AvgIpc) is 2.83. The Hall–Kier alpha value is -1.74. The monoisotopic (exact) mass is 269 g/mol. The summed E-state index contributed by atoms with van der Waals surface area (Å²) in [6.45, 7) is 0. The Balaban J connectivity index is 1.74. The van der Waals surface area contributed by atoms with Gasteiger partial charge in [-0.1, -0.05) is 30.7 Å². The zero-order valence-electron chi connectivity index (χ0n) is 10.6. The number of carbonyl (C=O) groups excluding carboxylic acids is 1. The fourth-order valence-corrected chi connectivity index (χ4v) is 2.96. The van der Waals surface area contributed by atoms with E-state index < -0.39 is 0 Å². The third-order valence-electron chi connectivity index (χ3n) is 3.53. The summed E-state index contributed by atoms with van der Waals surface area (Å²) in [5, 5.41) is 3.21. The molecule has 2 aromatic rings. The fraction of sp³-hybridized carbons (Fsp3) is 0.250. The largest absolute Gasteiger partial charge is 0.298 e. The molecule has 1 aliphatic rings. The Bertz CT molecular complexity index is 611. The van der Waals surface area contributed by atoms with Crippen molar-refractivity contribution < 1.29 is 4.79 Å². The Labute approximate surface area is 116 Å². The molecule has 1 saturated carbocycles. The predicted molar refractivity (Wildman–Crippen MR) is 79.5 cm³/mol. The molecule has 0 radical (unpaired) electrons. The maximum atomic E-state index is 10.7. The van der Waals surface area contributed by atoms with E-state index >= 15 is 0 Å². The molecule has 0 saturated heterocycles. The summed E-state index contributed by atoms with van der Waals surface area (Å²) in [6.07, 6.45) is 8.82. The van der Waals surface area contributed by atoms with Crippen LogP contribution in [0.25, 0.3) is 12.2 Å². The standard InChI is InChI=1S/C16H15NOS/c18-10-13-4-1-3-12(9-13)7-8-16-17-15(11-19-16)14-5-2-6-14/h1,3-4,7-11,14H,2,5-6H2. The van der Waals surface area contributed by atoms with Crippen LogP contribution in [0.2, 0.25) is 0 Å². The first-order chi connectivity index (χ1) is 9.35. The molecule has 0 amide bonds. The molecule has 0 aliphatic heterocycles. The summed E-state index contributed by atoms with van der Waals surface area (Å²) >= 11 is 1.69. The maximum Gasteiger partial charge on any atom is 0.150 e. The molecule has 0 spiro atoms. The number of rotatable bonds is 4. The number of aromatic nitrogens is 1. The van der Waals surface area contributed by atoms with Crippen molar-refractivity contribution in [2.45, 2.75) is 25.2 Å². The Morgan fingerprint density at radius 3 is 2.79 bits per heavy atom. The van der Waals surface area contributed by atoms with Gasteiger partial charge in [0.25, 0.3) is 0 Å². The number of hydrogen-bond donors (Lipinski definition) is 0. The van der Waals surface area contributed by atoms with E-state index in [0.717, 1.165) is 16.9 Å². The van der Waals surface area contributed by atoms with Gasteiger partial charge in [-0.25, -0.2) is 4.98 Å². The lowest BCUT2D eigenvalue weighted by Crippen LogP contribution is -2.08. The molecule has 1 aliphatic carbocycles. The van der Waals surface area contributed by atoms with Gasteiger partial charge >= 0.3 is 0 Å². The first-order valence-electron chi connectivity index (χ1n) is 6.54. The van der Waals surface area contributed by atoms with Crippen LogP contribution in [-0.4, -0.2) is 11.3 Å². The van der Waals surface area contributed by atoms with E-state index in [0.29, 0.717) is 11.5 Å². The van der Waals surface area contributed by atoms with Gasteiger partial charge in [0.15, 0.2) is 0 Å². The average molecular weight is 269 g/mol. The highest BCUT2D eigenvalue weighted by Crippen LogP contribution is 2.36. The van der Waals surface area contributed by atoms with E-state index in [1.165, 1.54) is 25.0 Å². The molecular weight excluding hydrogens is 254 g/mol. The second kappa shape index (κ2) is 5.49. The smallest absolute Gasteiger partial charge is 0.150 e. The molecule has 96 valence electrons. The van der Waals surface area contributed by atoms with Crippen molar-refractivity contribution >= 4 is 29.8 Å². The number of nitrogens with zero attached hydrogens (tertiary/aromatic N) is 1. The zero-order valence-corrected chi connectivity index (χ0v) is 11.4. The number of aldehydes is 1. The van der Waals surface area contributed by atoms with E-state index in [1.54, 1.807) is 11.3 Å². The van der Waals surface area contributed by atoms with E-state index in [9.17, 15) is 4.79 Å². The third kappa shape index (κ3) is 2.82. The van der Waals surface area contributed by atoms with Crippen LogP contribution in [0.5, 0.6) is 0 Å². The minimum Gasteiger partial charge on any atom is -0.298 e. The first-order valence-corrected chi connectivity index (χ1v) is 7.42. The molecule has 0 atom stereocenters. The van der Waals surface area contributed by atoms with Crippen molar-refractivity contribution in [3.8, 4) is 0 Å². The first kappa shape index (κ1) is 12.3. The SMILES string of the molecule is O=Cc1cccc(C=Cc2nc(C3CCC3)cs2)c1. The third-order valence-corrected chi connectivity index (χ3v) is 4.36. The van der Waals surface area contributed by atoms with Crippen LogP contribution in [-0.2, 0) is 0 Å². The molecule has 1 aromatic heterocycles. The highest BCUT2D eigenvalue weighted by atomic mass is 32.1. The highest BCUT2D eigenvalue weighted by molar-refractivity contribution is 7.10. The van der Waals surface area contributed by atoms with Crippen molar-refractivity contribution in [1.29, 1.82) is 0 Å². The molecule has 1 heterocycles. The van der Waals surface area contributed by atoms with Gasteiger partial charge in [-0.15, -0.1) is 11.3 Å². The molecule has 0 N–H and O–H groups in total. The van der Waals surface area contributed by atoms with Crippen LogP contribution in [0.1, 0.15) is 51.8 Å².